The molecule has 2 aromatic rings. The van der Waals surface area contributed by atoms with E-state index in [9.17, 15) is 9.18 Å². The molecule has 21 heavy (non-hydrogen) atoms. The van der Waals surface area contributed by atoms with Crippen LogP contribution in [0.1, 0.15) is 12.0 Å². The van der Waals surface area contributed by atoms with Gasteiger partial charge in [-0.25, -0.2) is 4.39 Å². The average Bonchev–Trinajstić information content (AvgIpc) is 3.07. The van der Waals surface area contributed by atoms with Crippen molar-refractivity contribution in [2.75, 3.05) is 5.32 Å². The van der Waals surface area contributed by atoms with Crippen molar-refractivity contribution in [2.45, 2.75) is 16.2 Å². The SMILES string of the molecule is O=C(Nc1ccc(F)cc1)[C@@]1(c2ccccc2)CC1(Cl)Cl. The van der Waals surface area contributed by atoms with Crippen LogP contribution < -0.4 is 5.32 Å². The molecule has 0 bridgehead atoms. The molecular formula is C16H12Cl2FNO. The molecule has 1 N–H and O–H groups in total. The molecule has 5 heteroatoms. The van der Waals surface area contributed by atoms with Crippen LogP contribution in [0, 0.1) is 5.82 Å². The molecule has 0 saturated heterocycles. The Labute approximate surface area is 131 Å². The Morgan fingerprint density at radius 1 is 1.05 bits per heavy atom. The highest BCUT2D eigenvalue weighted by molar-refractivity contribution is 6.54. The maximum atomic E-state index is 12.9. The van der Waals surface area contributed by atoms with Gasteiger partial charge in [0, 0.05) is 12.1 Å². The molecular weight excluding hydrogens is 312 g/mol. The van der Waals surface area contributed by atoms with E-state index < -0.39 is 9.75 Å². The fraction of sp³-hybridized carbons (Fsp3) is 0.188. The maximum absolute atomic E-state index is 12.9. The lowest BCUT2D eigenvalue weighted by Crippen LogP contribution is -2.32. The summed E-state index contributed by atoms with van der Waals surface area (Å²) in [6.07, 6.45) is 0.347. The van der Waals surface area contributed by atoms with Crippen LogP contribution in [0.2, 0.25) is 0 Å². The molecule has 1 fully saturated rings. The van der Waals surface area contributed by atoms with Crippen LogP contribution in [-0.2, 0) is 10.2 Å². The van der Waals surface area contributed by atoms with E-state index in [4.69, 9.17) is 23.2 Å². The molecule has 1 saturated carbocycles. The standard InChI is InChI=1S/C16H12Cl2FNO/c17-16(18)10-15(16,11-4-2-1-3-5-11)14(21)20-13-8-6-12(19)7-9-13/h1-9H,10H2,(H,20,21)/t15-/m0/s1. The van der Waals surface area contributed by atoms with Crippen LogP contribution in [0.25, 0.3) is 0 Å². The van der Waals surface area contributed by atoms with Crippen LogP contribution in [0.4, 0.5) is 10.1 Å². The summed E-state index contributed by atoms with van der Waals surface area (Å²) >= 11 is 12.5. The first-order valence-electron chi connectivity index (χ1n) is 6.46. The van der Waals surface area contributed by atoms with E-state index in [-0.39, 0.29) is 11.7 Å². The molecule has 0 spiro atoms. The van der Waals surface area contributed by atoms with E-state index in [1.54, 1.807) is 0 Å². The van der Waals surface area contributed by atoms with Crippen molar-refractivity contribution in [3.8, 4) is 0 Å². The maximum Gasteiger partial charge on any atom is 0.238 e. The van der Waals surface area contributed by atoms with E-state index >= 15 is 0 Å². The zero-order valence-electron chi connectivity index (χ0n) is 10.9. The Balaban J connectivity index is 1.89. The molecule has 1 aliphatic carbocycles. The third-order valence-corrected chi connectivity index (χ3v) is 4.66. The largest absolute Gasteiger partial charge is 0.325 e. The third-order valence-electron chi connectivity index (χ3n) is 3.74. The van der Waals surface area contributed by atoms with Crippen molar-refractivity contribution in [1.82, 2.24) is 0 Å². The number of carbonyl (C=O) groups is 1. The second kappa shape index (κ2) is 5.00. The quantitative estimate of drug-likeness (QED) is 0.839. The molecule has 1 atom stereocenters. The summed E-state index contributed by atoms with van der Waals surface area (Å²) in [5.41, 5.74) is 0.313. The van der Waals surface area contributed by atoms with E-state index in [0.717, 1.165) is 5.56 Å². The van der Waals surface area contributed by atoms with Crippen LogP contribution in [0.15, 0.2) is 54.6 Å². The number of halogens is 3. The Kier molecular flexibility index (Phi) is 3.42. The van der Waals surface area contributed by atoms with Crippen molar-refractivity contribution in [3.63, 3.8) is 0 Å². The van der Waals surface area contributed by atoms with Gasteiger partial charge < -0.3 is 5.32 Å². The smallest absolute Gasteiger partial charge is 0.238 e. The van der Waals surface area contributed by atoms with E-state index in [0.29, 0.717) is 12.1 Å². The number of carbonyl (C=O) groups excluding carboxylic acids is 1. The number of alkyl halides is 2. The zero-order valence-corrected chi connectivity index (χ0v) is 12.5. The molecule has 1 aliphatic rings. The highest BCUT2D eigenvalue weighted by atomic mass is 35.5. The van der Waals surface area contributed by atoms with Gasteiger partial charge in [0.25, 0.3) is 0 Å². The van der Waals surface area contributed by atoms with E-state index in [1.807, 2.05) is 30.3 Å². The summed E-state index contributed by atoms with van der Waals surface area (Å²) in [4.78, 5) is 12.6. The number of benzene rings is 2. The van der Waals surface area contributed by atoms with Crippen LogP contribution in [0.5, 0.6) is 0 Å². The molecule has 0 unspecified atom stereocenters. The highest BCUT2D eigenvalue weighted by Crippen LogP contribution is 2.65. The van der Waals surface area contributed by atoms with Gasteiger partial charge in [-0.3, -0.25) is 4.79 Å². The minimum atomic E-state index is -1.13. The monoisotopic (exact) mass is 323 g/mol. The lowest BCUT2D eigenvalue weighted by Gasteiger charge is -2.18. The van der Waals surface area contributed by atoms with Crippen molar-refractivity contribution >= 4 is 34.8 Å². The lowest BCUT2D eigenvalue weighted by molar-refractivity contribution is -0.118. The van der Waals surface area contributed by atoms with Gasteiger partial charge in [0.15, 0.2) is 0 Å². The van der Waals surface area contributed by atoms with E-state index in [1.165, 1.54) is 24.3 Å². The number of anilines is 1. The summed E-state index contributed by atoms with van der Waals surface area (Å²) in [6, 6.07) is 14.8. The second-order valence-corrected chi connectivity index (χ2v) is 6.60. The number of hydrogen-bond acceptors (Lipinski definition) is 1. The van der Waals surface area contributed by atoms with Gasteiger partial charge >= 0.3 is 0 Å². The van der Waals surface area contributed by atoms with E-state index in [2.05, 4.69) is 5.32 Å². The summed E-state index contributed by atoms with van der Waals surface area (Å²) in [6.45, 7) is 0. The van der Waals surface area contributed by atoms with Gasteiger partial charge in [-0.15, -0.1) is 23.2 Å². The molecule has 0 aromatic heterocycles. The molecule has 2 nitrogen and oxygen atoms in total. The van der Waals surface area contributed by atoms with Gasteiger partial charge in [-0.1, -0.05) is 30.3 Å². The van der Waals surface area contributed by atoms with Crippen molar-refractivity contribution in [3.05, 3.63) is 66.0 Å². The first kappa shape index (κ1) is 14.4. The van der Waals surface area contributed by atoms with Crippen molar-refractivity contribution in [2.24, 2.45) is 0 Å². The topological polar surface area (TPSA) is 29.1 Å². The first-order chi connectivity index (χ1) is 9.96. The summed E-state index contributed by atoms with van der Waals surface area (Å²) in [5.74, 6) is -0.647. The first-order valence-corrected chi connectivity index (χ1v) is 7.22. The fourth-order valence-corrected chi connectivity index (χ4v) is 3.26. The van der Waals surface area contributed by atoms with Crippen LogP contribution in [-0.4, -0.2) is 10.2 Å². The fourth-order valence-electron chi connectivity index (χ4n) is 2.47. The van der Waals surface area contributed by atoms with Gasteiger partial charge in [-0.05, 0) is 29.8 Å². The second-order valence-electron chi connectivity index (χ2n) is 5.11. The Morgan fingerprint density at radius 2 is 1.62 bits per heavy atom. The number of amides is 1. The van der Waals surface area contributed by atoms with Crippen molar-refractivity contribution in [1.29, 1.82) is 0 Å². The molecule has 1 amide bonds. The number of nitrogens with one attached hydrogen (secondary N) is 1. The number of hydrogen-bond donors (Lipinski definition) is 1. The summed E-state index contributed by atoms with van der Waals surface area (Å²) < 4.78 is 11.8. The normalized spacial score (nSPS) is 22.6. The van der Waals surface area contributed by atoms with Gasteiger partial charge in [0.05, 0.1) is 0 Å². The number of rotatable bonds is 3. The molecule has 2 aromatic carbocycles. The zero-order chi connectivity index (χ0) is 15.1. The molecule has 0 radical (unpaired) electrons. The van der Waals surface area contributed by atoms with Crippen molar-refractivity contribution < 1.29 is 9.18 Å². The van der Waals surface area contributed by atoms with Gasteiger partial charge in [0.2, 0.25) is 5.91 Å². The van der Waals surface area contributed by atoms with Crippen LogP contribution >= 0.6 is 23.2 Å². The molecule has 0 aliphatic heterocycles. The highest BCUT2D eigenvalue weighted by Gasteiger charge is 2.72. The molecule has 0 heterocycles. The predicted molar refractivity (Wildman–Crippen MR) is 82.2 cm³/mol. The van der Waals surface area contributed by atoms with Gasteiger partial charge in [0.1, 0.15) is 15.6 Å². The Bertz CT molecular complexity index is 672. The van der Waals surface area contributed by atoms with Crippen LogP contribution in [0.3, 0.4) is 0 Å². The minimum absolute atomic E-state index is 0.287. The van der Waals surface area contributed by atoms with Gasteiger partial charge in [-0.2, -0.15) is 0 Å². The Hall–Kier alpha value is -1.58. The minimum Gasteiger partial charge on any atom is -0.325 e. The third kappa shape index (κ3) is 2.41. The lowest BCUT2D eigenvalue weighted by atomic mass is 9.94. The summed E-state index contributed by atoms with van der Waals surface area (Å²) in [5, 5.41) is 2.75. The summed E-state index contributed by atoms with van der Waals surface area (Å²) in [7, 11) is 0. The molecule has 3 rings (SSSR count). The average molecular weight is 324 g/mol. The molecule has 108 valence electrons. The predicted octanol–water partition coefficient (Wildman–Crippen LogP) is 4.28. The Morgan fingerprint density at radius 3 is 2.14 bits per heavy atom.